The molecular weight excluding hydrogens is 463 g/mol. The molecular formula is C20H30F3N5O4S. The maximum Gasteiger partial charge on any atom is 0.451 e. The molecule has 0 bridgehead atoms. The van der Waals surface area contributed by atoms with Gasteiger partial charge in [0, 0.05) is 45.8 Å². The Morgan fingerprint density at radius 2 is 1.94 bits per heavy atom. The van der Waals surface area contributed by atoms with Gasteiger partial charge >= 0.3 is 6.18 Å². The number of hydrogen-bond donors (Lipinski definition) is 0. The van der Waals surface area contributed by atoms with Crippen molar-refractivity contribution < 1.29 is 31.1 Å². The fourth-order valence-electron chi connectivity index (χ4n) is 4.77. The zero-order valence-corrected chi connectivity index (χ0v) is 19.7. The van der Waals surface area contributed by atoms with Crippen LogP contribution in [0.1, 0.15) is 31.5 Å². The Morgan fingerprint density at radius 3 is 2.61 bits per heavy atom. The monoisotopic (exact) mass is 493 g/mol. The third-order valence-corrected chi connectivity index (χ3v) is 7.75. The molecule has 1 spiro atoms. The van der Waals surface area contributed by atoms with Crippen LogP contribution in [-0.4, -0.2) is 93.6 Å². The van der Waals surface area contributed by atoms with Crippen molar-refractivity contribution in [2.45, 2.75) is 43.6 Å². The molecule has 186 valence electrons. The summed E-state index contributed by atoms with van der Waals surface area (Å²) in [6.45, 7) is 2.20. The first-order valence-electron chi connectivity index (χ1n) is 11.1. The molecule has 1 aromatic heterocycles. The second-order valence-electron chi connectivity index (χ2n) is 9.06. The molecule has 0 radical (unpaired) electrons. The van der Waals surface area contributed by atoms with Crippen molar-refractivity contribution in [1.29, 1.82) is 0 Å². The number of likely N-dealkylation sites (N-methyl/N-ethyl adjacent to an activating group) is 1. The molecule has 9 nitrogen and oxygen atoms in total. The van der Waals surface area contributed by atoms with Crippen LogP contribution < -0.4 is 9.80 Å². The molecule has 2 saturated heterocycles. The van der Waals surface area contributed by atoms with Gasteiger partial charge in [0.1, 0.15) is 11.6 Å². The highest BCUT2D eigenvalue weighted by atomic mass is 32.2. The Labute approximate surface area is 191 Å². The molecule has 1 atom stereocenters. The molecule has 33 heavy (non-hydrogen) atoms. The molecule has 1 unspecified atom stereocenters. The minimum atomic E-state index is -4.70. The quantitative estimate of drug-likeness (QED) is 0.613. The van der Waals surface area contributed by atoms with E-state index in [0.29, 0.717) is 19.7 Å². The van der Waals surface area contributed by atoms with Crippen molar-refractivity contribution >= 4 is 21.7 Å². The number of sulfonamides is 1. The van der Waals surface area contributed by atoms with E-state index in [-0.39, 0.29) is 43.5 Å². The molecule has 0 N–H and O–H groups in total. The van der Waals surface area contributed by atoms with Crippen molar-refractivity contribution in [3.05, 3.63) is 11.9 Å². The Bertz CT molecular complexity index is 956. The summed E-state index contributed by atoms with van der Waals surface area (Å²) in [5, 5.41) is 0. The Kier molecular flexibility index (Phi) is 6.78. The fourth-order valence-corrected chi connectivity index (χ4v) is 5.61. The summed E-state index contributed by atoms with van der Waals surface area (Å²) >= 11 is 0. The smallest absolute Gasteiger partial charge is 0.374 e. The van der Waals surface area contributed by atoms with Crippen LogP contribution in [0.5, 0.6) is 0 Å². The minimum Gasteiger partial charge on any atom is -0.374 e. The van der Waals surface area contributed by atoms with Crippen molar-refractivity contribution in [1.82, 2.24) is 14.3 Å². The second-order valence-corrected chi connectivity index (χ2v) is 11.0. The van der Waals surface area contributed by atoms with Gasteiger partial charge in [0.15, 0.2) is 0 Å². The van der Waals surface area contributed by atoms with E-state index in [1.165, 1.54) is 4.31 Å². The van der Waals surface area contributed by atoms with E-state index in [4.69, 9.17) is 9.47 Å². The van der Waals surface area contributed by atoms with E-state index in [9.17, 15) is 21.6 Å². The van der Waals surface area contributed by atoms with Crippen LogP contribution in [-0.2, 0) is 25.7 Å². The molecule has 13 heteroatoms. The molecule has 4 rings (SSSR count). The van der Waals surface area contributed by atoms with Gasteiger partial charge in [-0.2, -0.15) is 17.5 Å². The lowest BCUT2D eigenvalue weighted by Gasteiger charge is -2.41. The van der Waals surface area contributed by atoms with Gasteiger partial charge in [-0.05, 0) is 12.8 Å². The summed E-state index contributed by atoms with van der Waals surface area (Å²) in [6, 6.07) is 1.56. The van der Waals surface area contributed by atoms with Crippen LogP contribution >= 0.6 is 0 Å². The van der Waals surface area contributed by atoms with Crippen molar-refractivity contribution in [3.8, 4) is 0 Å². The molecule has 3 aliphatic rings. The van der Waals surface area contributed by atoms with Crippen LogP contribution in [0.2, 0.25) is 0 Å². The summed E-state index contributed by atoms with van der Waals surface area (Å²) in [5.41, 5.74) is -0.321. The number of rotatable bonds is 5. The van der Waals surface area contributed by atoms with Crippen molar-refractivity contribution in [3.63, 3.8) is 0 Å². The first kappa shape index (κ1) is 24.4. The molecule has 3 heterocycles. The zero-order chi connectivity index (χ0) is 23.9. The number of nitrogens with zero attached hydrogens (tertiary/aromatic N) is 5. The number of ether oxygens (including phenoxy) is 2. The minimum absolute atomic E-state index is 0.111. The molecule has 1 saturated carbocycles. The number of anilines is 2. The van der Waals surface area contributed by atoms with Gasteiger partial charge in [0.25, 0.3) is 0 Å². The van der Waals surface area contributed by atoms with E-state index in [1.807, 2.05) is 4.90 Å². The van der Waals surface area contributed by atoms with E-state index in [1.54, 1.807) is 18.0 Å². The zero-order valence-electron chi connectivity index (χ0n) is 18.8. The predicted octanol–water partition coefficient (Wildman–Crippen LogP) is 1.74. The molecule has 1 aromatic rings. The Hall–Kier alpha value is -1.70. The molecule has 1 aliphatic carbocycles. The number of alkyl halides is 3. The third kappa shape index (κ3) is 5.69. The van der Waals surface area contributed by atoms with E-state index in [0.717, 1.165) is 31.9 Å². The van der Waals surface area contributed by atoms with Gasteiger partial charge in [-0.15, -0.1) is 0 Å². The number of morpholine rings is 2. The average Bonchev–Trinajstić information content (AvgIpc) is 3.19. The lowest BCUT2D eigenvalue weighted by molar-refractivity contribution is -0.144. The Balaban J connectivity index is 1.56. The predicted molar refractivity (Wildman–Crippen MR) is 116 cm³/mol. The average molecular weight is 494 g/mol. The van der Waals surface area contributed by atoms with Crippen LogP contribution in [0, 0.1) is 0 Å². The standard InChI is InChI=1S/C20H30F3N5O4S/c1-26(12-15-13-28(8-9-31-15)33(2,29)30)16-11-17(25-18(24-16)20(21,22)23)27-7-10-32-19(14-27)5-3-4-6-19/h11,15H,3-10,12-14H2,1-2H3. The highest BCUT2D eigenvalue weighted by Crippen LogP contribution is 2.38. The van der Waals surface area contributed by atoms with Crippen molar-refractivity contribution in [2.75, 3.05) is 69.0 Å². The van der Waals surface area contributed by atoms with Crippen LogP contribution in [0.15, 0.2) is 6.07 Å². The van der Waals surface area contributed by atoms with Crippen molar-refractivity contribution in [2.24, 2.45) is 0 Å². The number of aromatic nitrogens is 2. The van der Waals surface area contributed by atoms with E-state index < -0.39 is 28.1 Å². The number of hydrogen-bond acceptors (Lipinski definition) is 8. The highest BCUT2D eigenvalue weighted by molar-refractivity contribution is 7.88. The second kappa shape index (κ2) is 9.16. The lowest BCUT2D eigenvalue weighted by atomic mass is 10.00. The summed E-state index contributed by atoms with van der Waals surface area (Å²) in [4.78, 5) is 11.0. The summed E-state index contributed by atoms with van der Waals surface area (Å²) in [6.07, 6.45) is -0.179. The fraction of sp³-hybridized carbons (Fsp3) is 0.800. The first-order valence-corrected chi connectivity index (χ1v) is 12.9. The van der Waals surface area contributed by atoms with Gasteiger partial charge in [0.2, 0.25) is 15.8 Å². The summed E-state index contributed by atoms with van der Waals surface area (Å²) in [7, 11) is -1.76. The van der Waals surface area contributed by atoms with Crippen LogP contribution in [0.25, 0.3) is 0 Å². The van der Waals surface area contributed by atoms with Gasteiger partial charge < -0.3 is 19.3 Å². The normalized spacial score (nSPS) is 24.4. The molecule has 0 aromatic carbocycles. The van der Waals surface area contributed by atoms with Gasteiger partial charge in [-0.1, -0.05) is 12.8 Å². The van der Waals surface area contributed by atoms with Gasteiger partial charge in [0.05, 0.1) is 31.2 Å². The molecule has 0 amide bonds. The summed E-state index contributed by atoms with van der Waals surface area (Å²) in [5.74, 6) is -0.869. The molecule has 2 aliphatic heterocycles. The maximum atomic E-state index is 13.6. The number of halogens is 3. The van der Waals surface area contributed by atoms with Gasteiger partial charge in [-0.3, -0.25) is 0 Å². The molecule has 3 fully saturated rings. The van der Waals surface area contributed by atoms with E-state index >= 15 is 0 Å². The first-order chi connectivity index (χ1) is 15.5. The third-order valence-electron chi connectivity index (χ3n) is 6.48. The largest absolute Gasteiger partial charge is 0.451 e. The van der Waals surface area contributed by atoms with Crippen LogP contribution in [0.3, 0.4) is 0 Å². The topological polar surface area (TPSA) is 88.1 Å². The van der Waals surface area contributed by atoms with E-state index in [2.05, 4.69) is 9.97 Å². The van der Waals surface area contributed by atoms with Crippen LogP contribution in [0.4, 0.5) is 24.8 Å². The highest BCUT2D eigenvalue weighted by Gasteiger charge is 2.41. The maximum absolute atomic E-state index is 13.6. The lowest BCUT2D eigenvalue weighted by Crippen LogP contribution is -2.51. The van der Waals surface area contributed by atoms with Gasteiger partial charge in [-0.25, -0.2) is 18.4 Å². The Morgan fingerprint density at radius 1 is 1.21 bits per heavy atom. The summed E-state index contributed by atoms with van der Waals surface area (Å²) < 4.78 is 77.6. The SMILES string of the molecule is CN(CC1CN(S(C)(=O)=O)CCO1)c1cc(N2CCOC3(CCCC3)C2)nc(C(F)(F)F)n1.